The molecule has 1 aromatic heterocycles. The van der Waals surface area contributed by atoms with E-state index >= 15 is 0 Å². The maximum absolute atomic E-state index is 12.2. The number of anilines is 2. The van der Waals surface area contributed by atoms with E-state index in [1.807, 2.05) is 75.4 Å². The summed E-state index contributed by atoms with van der Waals surface area (Å²) >= 11 is 0. The number of amides is 1. The summed E-state index contributed by atoms with van der Waals surface area (Å²) in [5.41, 5.74) is 1.02. The molecule has 1 amide bonds. The summed E-state index contributed by atoms with van der Waals surface area (Å²) in [5.74, 6) is 1.94. The molecular weight excluding hydrogens is 338 g/mol. The first kappa shape index (κ1) is 18.5. The maximum Gasteiger partial charge on any atom is 0.253 e. The molecule has 138 valence electrons. The number of carbonyl (C=O) groups excluding carboxylic acids is 1. The van der Waals surface area contributed by atoms with Crippen LogP contribution in [0.5, 0.6) is 11.5 Å². The average Bonchev–Trinajstić information content (AvgIpc) is 2.63. The smallest absolute Gasteiger partial charge is 0.253 e. The molecule has 0 aliphatic carbocycles. The van der Waals surface area contributed by atoms with Crippen molar-refractivity contribution in [1.82, 2.24) is 10.3 Å². The maximum atomic E-state index is 12.2. The number of nitrogens with zero attached hydrogens (tertiary/aromatic N) is 1. The van der Waals surface area contributed by atoms with Gasteiger partial charge < -0.3 is 15.4 Å². The minimum Gasteiger partial charge on any atom is -0.455 e. The van der Waals surface area contributed by atoms with Crippen LogP contribution in [0.15, 0.2) is 72.9 Å². The number of hydrogen-bond acceptors (Lipinski definition) is 4. The van der Waals surface area contributed by atoms with Gasteiger partial charge in [-0.25, -0.2) is 4.98 Å². The van der Waals surface area contributed by atoms with E-state index in [1.54, 1.807) is 18.3 Å². The van der Waals surface area contributed by atoms with Crippen molar-refractivity contribution >= 4 is 17.4 Å². The number of ether oxygens (including phenoxy) is 1. The number of hydrogen-bond donors (Lipinski definition) is 2. The molecule has 0 atom stereocenters. The summed E-state index contributed by atoms with van der Waals surface area (Å²) in [5, 5.41) is 6.16. The van der Waals surface area contributed by atoms with Crippen molar-refractivity contribution in [2.24, 2.45) is 0 Å². The third-order valence-corrected chi connectivity index (χ3v) is 3.64. The van der Waals surface area contributed by atoms with Crippen LogP contribution in [0.4, 0.5) is 11.5 Å². The minimum absolute atomic E-state index is 0.144. The lowest BCUT2D eigenvalue weighted by molar-refractivity contribution is 0.0919. The molecule has 0 unspecified atom stereocenters. The Bertz CT molecular complexity index is 901. The molecule has 0 aliphatic heterocycles. The Morgan fingerprint density at radius 2 is 1.63 bits per heavy atom. The van der Waals surface area contributed by atoms with Crippen molar-refractivity contribution in [2.75, 3.05) is 5.32 Å². The van der Waals surface area contributed by atoms with E-state index in [0.29, 0.717) is 17.1 Å². The zero-order valence-electron chi connectivity index (χ0n) is 15.7. The van der Waals surface area contributed by atoms with Crippen LogP contribution in [0.2, 0.25) is 0 Å². The number of para-hydroxylation sites is 3. The average molecular weight is 361 g/mol. The van der Waals surface area contributed by atoms with Crippen LogP contribution in [0.25, 0.3) is 0 Å². The molecule has 2 aromatic carbocycles. The molecule has 5 nitrogen and oxygen atoms in total. The molecule has 0 aliphatic rings. The van der Waals surface area contributed by atoms with Crippen LogP contribution in [-0.2, 0) is 0 Å². The van der Waals surface area contributed by atoms with Gasteiger partial charge >= 0.3 is 0 Å². The fourth-order valence-corrected chi connectivity index (χ4v) is 2.43. The van der Waals surface area contributed by atoms with Crippen molar-refractivity contribution < 1.29 is 9.53 Å². The second-order valence-electron chi connectivity index (χ2n) is 7.17. The van der Waals surface area contributed by atoms with Gasteiger partial charge in [-0.1, -0.05) is 30.3 Å². The molecule has 3 aromatic rings. The molecule has 0 saturated heterocycles. The van der Waals surface area contributed by atoms with Gasteiger partial charge in [0.15, 0.2) is 5.75 Å². The number of pyridine rings is 1. The Hall–Kier alpha value is -3.34. The third kappa shape index (κ3) is 5.31. The minimum atomic E-state index is -0.290. The second kappa shape index (κ2) is 7.91. The van der Waals surface area contributed by atoms with E-state index in [9.17, 15) is 4.79 Å². The quantitative estimate of drug-likeness (QED) is 0.660. The molecule has 0 saturated carbocycles. The first-order valence-electron chi connectivity index (χ1n) is 8.78. The van der Waals surface area contributed by atoms with Gasteiger partial charge in [-0.15, -0.1) is 0 Å². The topological polar surface area (TPSA) is 63.2 Å². The monoisotopic (exact) mass is 361 g/mol. The van der Waals surface area contributed by atoms with Crippen molar-refractivity contribution in [3.63, 3.8) is 0 Å². The van der Waals surface area contributed by atoms with Crippen molar-refractivity contribution in [3.05, 3.63) is 78.5 Å². The van der Waals surface area contributed by atoms with Crippen LogP contribution in [0.3, 0.4) is 0 Å². The van der Waals surface area contributed by atoms with E-state index in [-0.39, 0.29) is 11.4 Å². The largest absolute Gasteiger partial charge is 0.455 e. The lowest BCUT2D eigenvalue weighted by Crippen LogP contribution is -2.40. The van der Waals surface area contributed by atoms with E-state index in [0.717, 1.165) is 11.4 Å². The van der Waals surface area contributed by atoms with Gasteiger partial charge in [0.05, 0.1) is 11.3 Å². The Balaban J connectivity index is 1.73. The highest BCUT2D eigenvalue weighted by Crippen LogP contribution is 2.30. The van der Waals surface area contributed by atoms with E-state index in [1.165, 1.54) is 0 Å². The zero-order chi connectivity index (χ0) is 19.3. The lowest BCUT2D eigenvalue weighted by atomic mass is 10.1. The highest BCUT2D eigenvalue weighted by molar-refractivity contribution is 5.94. The van der Waals surface area contributed by atoms with Crippen LogP contribution < -0.4 is 15.4 Å². The van der Waals surface area contributed by atoms with Crippen LogP contribution in [-0.4, -0.2) is 16.4 Å². The third-order valence-electron chi connectivity index (χ3n) is 3.64. The highest BCUT2D eigenvalue weighted by Gasteiger charge is 2.15. The predicted molar refractivity (Wildman–Crippen MR) is 108 cm³/mol. The first-order valence-corrected chi connectivity index (χ1v) is 8.78. The van der Waals surface area contributed by atoms with E-state index < -0.39 is 0 Å². The zero-order valence-corrected chi connectivity index (χ0v) is 15.7. The predicted octanol–water partition coefficient (Wildman–Crippen LogP) is 5.15. The van der Waals surface area contributed by atoms with Crippen molar-refractivity contribution in [2.45, 2.75) is 26.3 Å². The SMILES string of the molecule is CC(C)(C)NC(=O)c1ccc(Nc2ccccc2Oc2ccccc2)nc1. The molecule has 1 heterocycles. The number of aromatic nitrogens is 1. The molecule has 0 fully saturated rings. The summed E-state index contributed by atoms with van der Waals surface area (Å²) in [7, 11) is 0. The normalized spacial score (nSPS) is 10.9. The highest BCUT2D eigenvalue weighted by atomic mass is 16.5. The number of rotatable bonds is 5. The fraction of sp³-hybridized carbons (Fsp3) is 0.182. The Labute approximate surface area is 159 Å². The van der Waals surface area contributed by atoms with Gasteiger partial charge in [-0.2, -0.15) is 0 Å². The first-order chi connectivity index (χ1) is 12.9. The molecule has 2 N–H and O–H groups in total. The summed E-state index contributed by atoms with van der Waals surface area (Å²) in [6.45, 7) is 5.83. The summed E-state index contributed by atoms with van der Waals surface area (Å²) in [6.07, 6.45) is 1.56. The molecule has 3 rings (SSSR count). The van der Waals surface area contributed by atoms with Gasteiger partial charge in [0.1, 0.15) is 11.6 Å². The Morgan fingerprint density at radius 3 is 2.30 bits per heavy atom. The van der Waals surface area contributed by atoms with Gasteiger partial charge in [-0.3, -0.25) is 4.79 Å². The molecule has 0 spiro atoms. The van der Waals surface area contributed by atoms with Crippen LogP contribution in [0, 0.1) is 0 Å². The van der Waals surface area contributed by atoms with E-state index in [2.05, 4.69) is 15.6 Å². The number of carbonyl (C=O) groups is 1. The second-order valence-corrected chi connectivity index (χ2v) is 7.17. The van der Waals surface area contributed by atoms with Gasteiger partial charge in [0.25, 0.3) is 5.91 Å². The molecular formula is C22H23N3O2. The van der Waals surface area contributed by atoms with Crippen molar-refractivity contribution in [1.29, 1.82) is 0 Å². The molecule has 0 bridgehead atoms. The van der Waals surface area contributed by atoms with E-state index in [4.69, 9.17) is 4.74 Å². The molecule has 27 heavy (non-hydrogen) atoms. The molecule has 5 heteroatoms. The number of nitrogens with one attached hydrogen (secondary N) is 2. The van der Waals surface area contributed by atoms with Crippen molar-refractivity contribution in [3.8, 4) is 11.5 Å². The van der Waals surface area contributed by atoms with Gasteiger partial charge in [0, 0.05) is 11.7 Å². The molecule has 0 radical (unpaired) electrons. The summed E-state index contributed by atoms with van der Waals surface area (Å²) in [6, 6.07) is 20.8. The number of benzene rings is 2. The van der Waals surface area contributed by atoms with Gasteiger partial charge in [-0.05, 0) is 57.2 Å². The summed E-state index contributed by atoms with van der Waals surface area (Å²) in [4.78, 5) is 16.5. The van der Waals surface area contributed by atoms with Gasteiger partial charge in [0.2, 0.25) is 0 Å². The standard InChI is InChI=1S/C22H23N3O2/c1-22(2,3)25-21(26)16-13-14-20(23-15-16)24-18-11-7-8-12-19(18)27-17-9-5-4-6-10-17/h4-15H,1-3H3,(H,23,24)(H,25,26). The fourth-order valence-electron chi connectivity index (χ4n) is 2.43. The Morgan fingerprint density at radius 1 is 0.926 bits per heavy atom. The van der Waals surface area contributed by atoms with Crippen LogP contribution >= 0.6 is 0 Å². The Kier molecular flexibility index (Phi) is 5.41. The lowest BCUT2D eigenvalue weighted by Gasteiger charge is -2.20. The summed E-state index contributed by atoms with van der Waals surface area (Å²) < 4.78 is 5.94. The van der Waals surface area contributed by atoms with Crippen LogP contribution in [0.1, 0.15) is 31.1 Å².